The molecule has 136 valence electrons. The highest BCUT2D eigenvalue weighted by atomic mass is 16.5. The lowest BCUT2D eigenvalue weighted by Gasteiger charge is -2.54. The van der Waals surface area contributed by atoms with Crippen LogP contribution in [0.15, 0.2) is 24.3 Å². The molecular weight excluding hydrogens is 314 g/mol. The summed E-state index contributed by atoms with van der Waals surface area (Å²) in [5.74, 6) is 3.58. The van der Waals surface area contributed by atoms with Gasteiger partial charge in [0.15, 0.2) is 5.78 Å². The van der Waals surface area contributed by atoms with Crippen LogP contribution in [0.2, 0.25) is 0 Å². The molecule has 4 bridgehead atoms. The second-order valence-electron chi connectivity index (χ2n) is 8.77. The highest BCUT2D eigenvalue weighted by Crippen LogP contribution is 2.54. The van der Waals surface area contributed by atoms with Gasteiger partial charge in [-0.05, 0) is 68.2 Å². The average Bonchev–Trinajstić information content (AvgIpc) is 2.57. The topological polar surface area (TPSA) is 63.1 Å². The molecule has 0 radical (unpaired) electrons. The molecule has 0 saturated heterocycles. The van der Waals surface area contributed by atoms with Crippen molar-refractivity contribution in [2.45, 2.75) is 57.1 Å². The number of ether oxygens (including phenoxy) is 1. The lowest BCUT2D eigenvalue weighted by Crippen LogP contribution is -3.00. The van der Waals surface area contributed by atoms with Crippen LogP contribution in [0, 0.1) is 17.8 Å². The molecule has 0 aliphatic heterocycles. The second kappa shape index (κ2) is 6.73. The highest BCUT2D eigenvalue weighted by Gasteiger charge is 2.53. The fourth-order valence-electron chi connectivity index (χ4n) is 5.86. The number of rotatable bonds is 7. The molecule has 0 amide bonds. The highest BCUT2D eigenvalue weighted by molar-refractivity contribution is 5.94. The molecule has 0 unspecified atom stereocenters. The molecule has 0 heterocycles. The summed E-state index contributed by atoms with van der Waals surface area (Å²) in [6.07, 6.45) is 7.94. The maximum absolute atomic E-state index is 11.3. The zero-order valence-electron chi connectivity index (χ0n) is 15.1. The first kappa shape index (κ1) is 17.0. The fourth-order valence-corrected chi connectivity index (χ4v) is 5.86. The summed E-state index contributed by atoms with van der Waals surface area (Å²) in [7, 11) is 0. The summed E-state index contributed by atoms with van der Waals surface area (Å²) in [4.78, 5) is 11.3. The zero-order chi connectivity index (χ0) is 17.4. The number of Topliss-reactive ketones (excluding diaryl/α,β-unsaturated/α-hetero) is 1. The van der Waals surface area contributed by atoms with E-state index in [-0.39, 0.29) is 5.78 Å². The molecule has 4 fully saturated rings. The molecule has 1 atom stereocenters. The fraction of sp³-hybridized carbons (Fsp3) is 0.667. The van der Waals surface area contributed by atoms with Gasteiger partial charge in [0.05, 0.1) is 5.54 Å². The lowest BCUT2D eigenvalue weighted by atomic mass is 9.53. The Bertz CT molecular complexity index is 589. The summed E-state index contributed by atoms with van der Waals surface area (Å²) in [6, 6.07) is 7.13. The summed E-state index contributed by atoms with van der Waals surface area (Å²) in [6.45, 7) is 2.58. The van der Waals surface area contributed by atoms with Gasteiger partial charge in [0.1, 0.15) is 25.0 Å². The largest absolute Gasteiger partial charge is 0.491 e. The third kappa shape index (κ3) is 3.75. The molecule has 1 aromatic rings. The van der Waals surface area contributed by atoms with Gasteiger partial charge in [-0.15, -0.1) is 0 Å². The van der Waals surface area contributed by atoms with Crippen molar-refractivity contribution in [3.63, 3.8) is 0 Å². The van der Waals surface area contributed by atoms with Crippen molar-refractivity contribution in [1.29, 1.82) is 0 Å². The number of ketones is 1. The Labute approximate surface area is 150 Å². The van der Waals surface area contributed by atoms with Crippen LogP contribution in [0.25, 0.3) is 0 Å². The van der Waals surface area contributed by atoms with E-state index < -0.39 is 6.10 Å². The summed E-state index contributed by atoms with van der Waals surface area (Å²) >= 11 is 0. The third-order valence-electron chi connectivity index (χ3n) is 6.61. The zero-order valence-corrected chi connectivity index (χ0v) is 15.1. The molecule has 1 aromatic carbocycles. The number of carbonyl (C=O) groups excluding carboxylic acids is 1. The Hall–Kier alpha value is -1.39. The number of quaternary nitrogens is 1. The van der Waals surface area contributed by atoms with Crippen LogP contribution < -0.4 is 10.1 Å². The average molecular weight is 344 g/mol. The third-order valence-corrected chi connectivity index (χ3v) is 6.61. The molecule has 4 nitrogen and oxygen atoms in total. The minimum absolute atomic E-state index is 0.0526. The molecule has 5 rings (SSSR count). The van der Waals surface area contributed by atoms with Gasteiger partial charge in [-0.25, -0.2) is 0 Å². The van der Waals surface area contributed by atoms with Crippen LogP contribution in [-0.4, -0.2) is 35.7 Å². The lowest BCUT2D eigenvalue weighted by molar-refractivity contribution is -0.743. The molecule has 25 heavy (non-hydrogen) atoms. The van der Waals surface area contributed by atoms with Crippen molar-refractivity contribution in [3.05, 3.63) is 29.8 Å². The monoisotopic (exact) mass is 344 g/mol. The van der Waals surface area contributed by atoms with Crippen molar-refractivity contribution in [2.75, 3.05) is 13.2 Å². The number of hydrogen-bond acceptors (Lipinski definition) is 3. The van der Waals surface area contributed by atoms with Crippen LogP contribution in [0.3, 0.4) is 0 Å². The van der Waals surface area contributed by atoms with Gasteiger partial charge in [0.25, 0.3) is 0 Å². The van der Waals surface area contributed by atoms with E-state index in [1.54, 1.807) is 31.2 Å². The molecule has 0 aromatic heterocycles. The standard InChI is InChI=1S/C21H29NO3/c1-14(23)18-2-4-20(5-3-18)25-13-19(24)12-22-21-9-15-6-16(10-21)8-17(7-15)11-21/h2-5,15-17,19,22,24H,6-13H2,1H3/p+1/t15?,16?,17?,19-,21?/m0/s1. The van der Waals surface area contributed by atoms with Crippen LogP contribution in [-0.2, 0) is 0 Å². The van der Waals surface area contributed by atoms with Crippen molar-refractivity contribution < 1.29 is 20.0 Å². The Kier molecular flexibility index (Phi) is 4.59. The quantitative estimate of drug-likeness (QED) is 0.745. The molecule has 4 aliphatic carbocycles. The Morgan fingerprint density at radius 1 is 1.16 bits per heavy atom. The molecular formula is C21H30NO3+. The first-order valence-corrected chi connectivity index (χ1v) is 9.77. The number of nitrogens with two attached hydrogens (primary N) is 1. The van der Waals surface area contributed by atoms with E-state index in [1.165, 1.54) is 38.5 Å². The number of aliphatic hydroxyl groups is 1. The SMILES string of the molecule is CC(=O)c1ccc(OC[C@@H](O)C[NH2+]C23CC4CC(CC(C4)C2)C3)cc1. The molecule has 0 spiro atoms. The van der Waals surface area contributed by atoms with E-state index in [9.17, 15) is 9.90 Å². The van der Waals surface area contributed by atoms with Gasteiger partial charge < -0.3 is 15.2 Å². The Balaban J connectivity index is 1.25. The molecule has 4 saturated carbocycles. The normalized spacial score (nSPS) is 34.1. The Morgan fingerprint density at radius 3 is 2.24 bits per heavy atom. The molecule has 3 N–H and O–H groups in total. The maximum atomic E-state index is 11.3. The van der Waals surface area contributed by atoms with Crippen LogP contribution in [0.4, 0.5) is 0 Å². The summed E-state index contributed by atoms with van der Waals surface area (Å²) in [5.41, 5.74) is 1.09. The first-order chi connectivity index (χ1) is 12.0. The first-order valence-electron chi connectivity index (χ1n) is 9.77. The van der Waals surface area contributed by atoms with Crippen LogP contribution >= 0.6 is 0 Å². The van der Waals surface area contributed by atoms with Gasteiger partial charge in [0.2, 0.25) is 0 Å². The number of benzene rings is 1. The van der Waals surface area contributed by atoms with Crippen LogP contribution in [0.5, 0.6) is 5.75 Å². The predicted octanol–water partition coefficient (Wildman–Crippen LogP) is 2.16. The number of hydrogen-bond donors (Lipinski definition) is 2. The molecule has 4 heteroatoms. The van der Waals surface area contributed by atoms with E-state index in [4.69, 9.17) is 4.74 Å². The van der Waals surface area contributed by atoms with Gasteiger partial charge in [-0.3, -0.25) is 4.79 Å². The van der Waals surface area contributed by atoms with Gasteiger partial charge in [-0.1, -0.05) is 0 Å². The summed E-state index contributed by atoms with van der Waals surface area (Å²) in [5, 5.41) is 12.8. The van der Waals surface area contributed by atoms with E-state index in [2.05, 4.69) is 5.32 Å². The van der Waals surface area contributed by atoms with E-state index in [0.29, 0.717) is 23.5 Å². The predicted molar refractivity (Wildman–Crippen MR) is 95.6 cm³/mol. The van der Waals surface area contributed by atoms with Crippen molar-refractivity contribution >= 4 is 5.78 Å². The number of aliphatic hydroxyl groups excluding tert-OH is 1. The van der Waals surface area contributed by atoms with Crippen molar-refractivity contribution in [3.8, 4) is 5.75 Å². The Morgan fingerprint density at radius 2 is 1.72 bits per heavy atom. The van der Waals surface area contributed by atoms with E-state index in [1.807, 2.05) is 0 Å². The molecule has 4 aliphatic rings. The van der Waals surface area contributed by atoms with Gasteiger partial charge in [0, 0.05) is 24.8 Å². The summed E-state index contributed by atoms with van der Waals surface area (Å²) < 4.78 is 5.69. The van der Waals surface area contributed by atoms with Crippen LogP contribution in [0.1, 0.15) is 55.8 Å². The second-order valence-corrected chi connectivity index (χ2v) is 8.77. The van der Waals surface area contributed by atoms with E-state index >= 15 is 0 Å². The minimum Gasteiger partial charge on any atom is -0.491 e. The van der Waals surface area contributed by atoms with Gasteiger partial charge >= 0.3 is 0 Å². The smallest absolute Gasteiger partial charge is 0.159 e. The van der Waals surface area contributed by atoms with Crippen molar-refractivity contribution in [2.24, 2.45) is 17.8 Å². The van der Waals surface area contributed by atoms with Gasteiger partial charge in [-0.2, -0.15) is 0 Å². The van der Waals surface area contributed by atoms with Crippen molar-refractivity contribution in [1.82, 2.24) is 0 Å². The maximum Gasteiger partial charge on any atom is 0.159 e. The minimum atomic E-state index is -0.458. The number of carbonyl (C=O) groups is 1. The van der Waals surface area contributed by atoms with E-state index in [0.717, 1.165) is 24.3 Å².